The van der Waals surface area contributed by atoms with Crippen LogP contribution in [0.15, 0.2) is 18.2 Å². The highest BCUT2D eigenvalue weighted by molar-refractivity contribution is 5.83. The van der Waals surface area contributed by atoms with Crippen LogP contribution < -0.4 is 0 Å². The van der Waals surface area contributed by atoms with Crippen molar-refractivity contribution < 1.29 is 18.3 Å². The number of hydrogen-bond donors (Lipinski definition) is 0. The highest BCUT2D eigenvalue weighted by Crippen LogP contribution is 2.19. The topological polar surface area (TPSA) is 26.3 Å². The van der Waals surface area contributed by atoms with E-state index in [4.69, 9.17) is 4.74 Å². The monoisotopic (exact) mass is 240 g/mol. The number of hydrogen-bond acceptors (Lipinski definition) is 2. The molecule has 92 valence electrons. The van der Waals surface area contributed by atoms with Gasteiger partial charge in [-0.3, -0.25) is 4.79 Å². The van der Waals surface area contributed by atoms with Crippen LogP contribution in [-0.4, -0.2) is 19.0 Å². The van der Waals surface area contributed by atoms with Crippen molar-refractivity contribution in [1.29, 1.82) is 0 Å². The SMILES string of the molecule is O=C(Cc1cccc(F)c1F)C1CCOCC1. The van der Waals surface area contributed by atoms with Crippen LogP contribution in [0.5, 0.6) is 0 Å². The summed E-state index contributed by atoms with van der Waals surface area (Å²) in [4.78, 5) is 11.9. The van der Waals surface area contributed by atoms with Gasteiger partial charge in [-0.15, -0.1) is 0 Å². The van der Waals surface area contributed by atoms with E-state index in [9.17, 15) is 13.6 Å². The lowest BCUT2D eigenvalue weighted by atomic mass is 9.91. The fourth-order valence-electron chi connectivity index (χ4n) is 2.04. The smallest absolute Gasteiger partial charge is 0.162 e. The minimum atomic E-state index is -0.909. The Bertz CT molecular complexity index is 412. The Labute approximate surface area is 98.6 Å². The van der Waals surface area contributed by atoms with E-state index in [-0.39, 0.29) is 23.7 Å². The number of Topliss-reactive ketones (excluding diaryl/α,β-unsaturated/α-hetero) is 1. The molecule has 0 bridgehead atoms. The third-order valence-corrected chi connectivity index (χ3v) is 3.07. The van der Waals surface area contributed by atoms with Crippen LogP contribution in [0.4, 0.5) is 8.78 Å². The lowest BCUT2D eigenvalue weighted by Gasteiger charge is -2.20. The van der Waals surface area contributed by atoms with Gasteiger partial charge in [-0.05, 0) is 24.5 Å². The predicted molar refractivity (Wildman–Crippen MR) is 58.6 cm³/mol. The predicted octanol–water partition coefficient (Wildman–Crippen LogP) is 2.50. The molecule has 2 nitrogen and oxygen atoms in total. The second-order valence-electron chi connectivity index (χ2n) is 4.24. The molecule has 17 heavy (non-hydrogen) atoms. The maximum Gasteiger partial charge on any atom is 0.162 e. The van der Waals surface area contributed by atoms with Crippen molar-refractivity contribution in [2.24, 2.45) is 5.92 Å². The summed E-state index contributed by atoms with van der Waals surface area (Å²) < 4.78 is 31.5. The van der Waals surface area contributed by atoms with Gasteiger partial charge < -0.3 is 4.74 Å². The molecular formula is C13H14F2O2. The number of ketones is 1. The minimum absolute atomic E-state index is 0.0298. The Kier molecular flexibility index (Phi) is 3.84. The molecule has 1 saturated heterocycles. The molecule has 1 aromatic carbocycles. The summed E-state index contributed by atoms with van der Waals surface area (Å²) in [7, 11) is 0. The zero-order valence-electron chi connectivity index (χ0n) is 9.42. The number of benzene rings is 1. The first-order valence-electron chi connectivity index (χ1n) is 5.72. The molecule has 0 aromatic heterocycles. The average Bonchev–Trinajstić information content (AvgIpc) is 2.36. The molecule has 0 radical (unpaired) electrons. The first-order valence-corrected chi connectivity index (χ1v) is 5.72. The molecule has 1 aliphatic heterocycles. The van der Waals surface area contributed by atoms with Crippen molar-refractivity contribution in [2.45, 2.75) is 19.3 Å². The molecule has 0 aliphatic carbocycles. The number of carbonyl (C=O) groups is 1. The van der Waals surface area contributed by atoms with Gasteiger partial charge in [0.05, 0.1) is 0 Å². The van der Waals surface area contributed by atoms with Crippen molar-refractivity contribution in [2.75, 3.05) is 13.2 Å². The van der Waals surface area contributed by atoms with Crippen molar-refractivity contribution in [3.63, 3.8) is 0 Å². The van der Waals surface area contributed by atoms with Gasteiger partial charge in [-0.25, -0.2) is 8.78 Å². The summed E-state index contributed by atoms with van der Waals surface area (Å²) in [6.07, 6.45) is 1.32. The van der Waals surface area contributed by atoms with E-state index >= 15 is 0 Å². The number of halogens is 2. The minimum Gasteiger partial charge on any atom is -0.381 e. The standard InChI is InChI=1S/C13H14F2O2/c14-11-3-1-2-10(13(11)15)8-12(16)9-4-6-17-7-5-9/h1-3,9H,4-8H2. The van der Waals surface area contributed by atoms with Gasteiger partial charge in [0.25, 0.3) is 0 Å². The molecule has 0 unspecified atom stereocenters. The molecule has 0 saturated carbocycles. The summed E-state index contributed by atoms with van der Waals surface area (Å²) >= 11 is 0. The zero-order chi connectivity index (χ0) is 12.3. The molecular weight excluding hydrogens is 226 g/mol. The van der Waals surface area contributed by atoms with Crippen LogP contribution in [0.25, 0.3) is 0 Å². The summed E-state index contributed by atoms with van der Waals surface area (Å²) in [6, 6.07) is 3.93. The highest BCUT2D eigenvalue weighted by Gasteiger charge is 2.22. The van der Waals surface area contributed by atoms with Crippen LogP contribution in [0.3, 0.4) is 0 Å². The normalized spacial score (nSPS) is 17.1. The Hall–Kier alpha value is -1.29. The molecule has 1 heterocycles. The average molecular weight is 240 g/mol. The number of carbonyl (C=O) groups excluding carboxylic acids is 1. The Morgan fingerprint density at radius 1 is 1.29 bits per heavy atom. The van der Waals surface area contributed by atoms with Crippen LogP contribution in [0, 0.1) is 17.6 Å². The molecule has 1 fully saturated rings. The molecule has 0 amide bonds. The molecule has 1 aliphatic rings. The summed E-state index contributed by atoms with van der Waals surface area (Å²) in [5, 5.41) is 0. The molecule has 1 aromatic rings. The molecule has 0 spiro atoms. The highest BCUT2D eigenvalue weighted by atomic mass is 19.2. The summed E-state index contributed by atoms with van der Waals surface area (Å²) in [5.74, 6) is -1.92. The second-order valence-corrected chi connectivity index (χ2v) is 4.24. The molecule has 0 N–H and O–H groups in total. The van der Waals surface area contributed by atoms with Gasteiger partial charge in [-0.1, -0.05) is 12.1 Å². The Morgan fingerprint density at radius 3 is 2.71 bits per heavy atom. The first-order chi connectivity index (χ1) is 8.18. The fraction of sp³-hybridized carbons (Fsp3) is 0.462. The summed E-state index contributed by atoms with van der Waals surface area (Å²) in [5.41, 5.74) is 0.140. The van der Waals surface area contributed by atoms with Gasteiger partial charge in [-0.2, -0.15) is 0 Å². The largest absolute Gasteiger partial charge is 0.381 e. The van der Waals surface area contributed by atoms with E-state index in [1.165, 1.54) is 12.1 Å². The lowest BCUT2D eigenvalue weighted by Crippen LogP contribution is -2.25. The Balaban J connectivity index is 2.04. The zero-order valence-corrected chi connectivity index (χ0v) is 9.42. The first kappa shape index (κ1) is 12.2. The van der Waals surface area contributed by atoms with Crippen molar-refractivity contribution >= 4 is 5.78 Å². The maximum atomic E-state index is 13.4. The van der Waals surface area contributed by atoms with Crippen molar-refractivity contribution in [3.05, 3.63) is 35.4 Å². The van der Waals surface area contributed by atoms with Crippen LogP contribution >= 0.6 is 0 Å². The van der Waals surface area contributed by atoms with Crippen LogP contribution in [-0.2, 0) is 16.0 Å². The van der Waals surface area contributed by atoms with Gasteiger partial charge in [0.2, 0.25) is 0 Å². The molecule has 0 atom stereocenters. The van der Waals surface area contributed by atoms with E-state index in [2.05, 4.69) is 0 Å². The van der Waals surface area contributed by atoms with Gasteiger partial charge in [0.15, 0.2) is 11.6 Å². The van der Waals surface area contributed by atoms with Gasteiger partial charge in [0.1, 0.15) is 5.78 Å². The lowest BCUT2D eigenvalue weighted by molar-refractivity contribution is -0.125. The quantitative estimate of drug-likeness (QED) is 0.811. The van der Waals surface area contributed by atoms with E-state index in [0.29, 0.717) is 26.1 Å². The van der Waals surface area contributed by atoms with Crippen LogP contribution in [0.2, 0.25) is 0 Å². The van der Waals surface area contributed by atoms with E-state index < -0.39 is 11.6 Å². The van der Waals surface area contributed by atoms with Gasteiger partial charge in [0, 0.05) is 25.6 Å². The van der Waals surface area contributed by atoms with Crippen LogP contribution in [0.1, 0.15) is 18.4 Å². The summed E-state index contributed by atoms with van der Waals surface area (Å²) in [6.45, 7) is 1.14. The van der Waals surface area contributed by atoms with Crippen molar-refractivity contribution in [3.8, 4) is 0 Å². The van der Waals surface area contributed by atoms with E-state index in [1.54, 1.807) is 0 Å². The maximum absolute atomic E-state index is 13.4. The van der Waals surface area contributed by atoms with Gasteiger partial charge >= 0.3 is 0 Å². The fourth-order valence-corrected chi connectivity index (χ4v) is 2.04. The number of rotatable bonds is 3. The Morgan fingerprint density at radius 2 is 2.00 bits per heavy atom. The van der Waals surface area contributed by atoms with Crippen molar-refractivity contribution in [1.82, 2.24) is 0 Å². The van der Waals surface area contributed by atoms with E-state index in [0.717, 1.165) is 6.07 Å². The van der Waals surface area contributed by atoms with E-state index in [1.807, 2.05) is 0 Å². The third kappa shape index (κ3) is 2.88. The molecule has 4 heteroatoms. The molecule has 2 rings (SSSR count). The second kappa shape index (κ2) is 5.36. The third-order valence-electron chi connectivity index (χ3n) is 3.07. The number of ether oxygens (including phenoxy) is 1.